The predicted molar refractivity (Wildman–Crippen MR) is 205 cm³/mol. The third-order valence-electron chi connectivity index (χ3n) is 11.8. The molecule has 5 aromatic rings. The van der Waals surface area contributed by atoms with Gasteiger partial charge in [-0.05, 0) is 112 Å². The Bertz CT molecular complexity index is 2460. The van der Waals surface area contributed by atoms with Gasteiger partial charge in [-0.1, -0.05) is 35.6 Å². The molecule has 11 rings (SSSR count). The molecule has 266 valence electrons. The first-order valence-electron chi connectivity index (χ1n) is 18.6. The molecule has 2 saturated carbocycles. The number of aromatic nitrogens is 4. The van der Waals surface area contributed by atoms with Crippen LogP contribution in [0.4, 0.5) is 0 Å². The molecule has 2 aliphatic heterocycles. The molecule has 2 amide bonds. The molecule has 6 aliphatic rings. The fraction of sp³-hybridized carbons (Fsp3) is 0.349. The predicted octanol–water partition coefficient (Wildman–Crippen LogP) is 6.40. The molecule has 6 heterocycles. The number of nitrogens with two attached hydrogens (primary N) is 1. The van der Waals surface area contributed by atoms with Crippen molar-refractivity contribution in [2.24, 2.45) is 5.73 Å². The van der Waals surface area contributed by atoms with Crippen LogP contribution in [-0.2, 0) is 38.5 Å². The topological polar surface area (TPSA) is 142 Å². The summed E-state index contributed by atoms with van der Waals surface area (Å²) in [6, 6.07) is 12.2. The van der Waals surface area contributed by atoms with Crippen molar-refractivity contribution in [1.82, 2.24) is 30.6 Å². The molecular formula is C43H40ClN7O2. The van der Waals surface area contributed by atoms with Gasteiger partial charge in [0.1, 0.15) is 5.15 Å². The number of H-pyrrole nitrogens is 2. The quantitative estimate of drug-likeness (QED) is 0.101. The van der Waals surface area contributed by atoms with Gasteiger partial charge in [0, 0.05) is 70.0 Å². The number of aryl methyl sites for hydroxylation is 2. The summed E-state index contributed by atoms with van der Waals surface area (Å²) in [5.41, 5.74) is 21.5. The van der Waals surface area contributed by atoms with Gasteiger partial charge in [0.2, 0.25) is 0 Å². The molecule has 4 aliphatic carbocycles. The number of hydrogen-bond donors (Lipinski definition) is 5. The highest BCUT2D eigenvalue weighted by Crippen LogP contribution is 2.47. The molecule has 0 atom stereocenters. The van der Waals surface area contributed by atoms with Gasteiger partial charge < -0.3 is 26.3 Å². The third kappa shape index (κ3) is 5.67. The lowest BCUT2D eigenvalue weighted by Crippen LogP contribution is -2.43. The van der Waals surface area contributed by atoms with Crippen molar-refractivity contribution in [3.63, 3.8) is 0 Å². The smallest absolute Gasteiger partial charge is 0.253 e. The van der Waals surface area contributed by atoms with E-state index in [0.29, 0.717) is 5.15 Å². The van der Waals surface area contributed by atoms with Gasteiger partial charge >= 0.3 is 0 Å². The lowest BCUT2D eigenvalue weighted by atomic mass is 9.87. The van der Waals surface area contributed by atoms with Crippen LogP contribution in [0.15, 0.2) is 48.8 Å². The average molecular weight is 722 g/mol. The summed E-state index contributed by atoms with van der Waals surface area (Å²) >= 11 is 6.05. The summed E-state index contributed by atoms with van der Waals surface area (Å²) in [7, 11) is 0. The van der Waals surface area contributed by atoms with Gasteiger partial charge in [-0.3, -0.25) is 14.6 Å². The van der Waals surface area contributed by atoms with E-state index in [4.69, 9.17) is 22.3 Å². The molecule has 0 saturated heterocycles. The van der Waals surface area contributed by atoms with Crippen LogP contribution in [0, 0.1) is 11.8 Å². The van der Waals surface area contributed by atoms with Crippen molar-refractivity contribution in [2.75, 3.05) is 0 Å². The van der Waals surface area contributed by atoms with E-state index in [9.17, 15) is 9.59 Å². The largest absolute Gasteiger partial charge is 0.357 e. The number of pyridine rings is 2. The SMILES string of the molecule is CC(C)(N)C#Cc1ccc(-c2cc3c(cn2)CCc2c-3[nH]c3c2C(=O)NC2(CC2)C3)cc1.O=C1NC2(CC2)Cc2[nH]c3c(c21)CCc1cnc(Cl)cc1-3. The molecule has 2 spiro atoms. The number of halogens is 1. The summed E-state index contributed by atoms with van der Waals surface area (Å²) in [5.74, 6) is 6.38. The molecule has 53 heavy (non-hydrogen) atoms. The highest BCUT2D eigenvalue weighted by atomic mass is 35.5. The first-order chi connectivity index (χ1) is 25.5. The van der Waals surface area contributed by atoms with E-state index in [1.54, 1.807) is 0 Å². The maximum absolute atomic E-state index is 12.9. The van der Waals surface area contributed by atoms with Crippen molar-refractivity contribution in [2.45, 2.75) is 94.7 Å². The van der Waals surface area contributed by atoms with Crippen LogP contribution < -0.4 is 16.4 Å². The molecule has 0 radical (unpaired) electrons. The zero-order valence-corrected chi connectivity index (χ0v) is 30.6. The number of benzene rings is 1. The third-order valence-corrected chi connectivity index (χ3v) is 12.0. The second-order valence-corrected chi connectivity index (χ2v) is 16.8. The van der Waals surface area contributed by atoms with Gasteiger partial charge in [-0.25, -0.2) is 4.98 Å². The van der Waals surface area contributed by atoms with Crippen molar-refractivity contribution < 1.29 is 9.59 Å². The number of rotatable bonds is 1. The lowest BCUT2D eigenvalue weighted by molar-refractivity contribution is 0.0908. The number of fused-ring (bicyclic) bond motifs is 10. The monoisotopic (exact) mass is 721 g/mol. The summed E-state index contributed by atoms with van der Waals surface area (Å²) < 4.78 is 0. The van der Waals surface area contributed by atoms with Gasteiger partial charge in [0.25, 0.3) is 11.8 Å². The maximum atomic E-state index is 12.9. The Morgan fingerprint density at radius 2 is 1.28 bits per heavy atom. The molecule has 4 aromatic heterocycles. The zero-order chi connectivity index (χ0) is 36.3. The van der Waals surface area contributed by atoms with E-state index in [1.165, 1.54) is 11.1 Å². The fourth-order valence-electron chi connectivity index (χ4n) is 8.68. The number of carbonyl (C=O) groups excluding carboxylic acids is 2. The standard InChI is InChI=1S/C27H26N4O.C16H14ClN3O/c1-26(2,28)10-9-16-3-5-17(6-4-16)21-13-20-18(15-29-21)7-8-19-23-22(30-24(19)20)14-27(11-12-27)31-25(23)32;17-12-5-10-8(7-18-12)1-2-9-13-11(19-14(9)10)6-16(3-4-16)20-15(13)21/h3-6,13,15,30H,7-8,11-12,14,28H2,1-2H3,(H,31,32);5,7,19H,1-4,6H2,(H,20,21). The van der Waals surface area contributed by atoms with Crippen molar-refractivity contribution >= 4 is 23.4 Å². The molecule has 0 unspecified atom stereocenters. The molecule has 10 heteroatoms. The highest BCUT2D eigenvalue weighted by Gasteiger charge is 2.50. The van der Waals surface area contributed by atoms with Crippen LogP contribution in [0.1, 0.15) is 99.5 Å². The lowest BCUT2D eigenvalue weighted by Gasteiger charge is -2.24. The number of nitrogens with one attached hydrogen (secondary N) is 4. The van der Waals surface area contributed by atoms with E-state index in [-0.39, 0.29) is 22.9 Å². The first kappa shape index (κ1) is 32.5. The number of hydrogen-bond acceptors (Lipinski definition) is 5. The van der Waals surface area contributed by atoms with Gasteiger partial charge in [0.15, 0.2) is 0 Å². The Hall–Kier alpha value is -5.17. The second kappa shape index (κ2) is 11.4. The number of aromatic amines is 2. The highest BCUT2D eigenvalue weighted by molar-refractivity contribution is 6.29. The molecule has 2 fully saturated rings. The molecule has 9 nitrogen and oxygen atoms in total. The van der Waals surface area contributed by atoms with Crippen molar-refractivity contribution in [3.8, 4) is 45.6 Å². The van der Waals surface area contributed by atoms with Gasteiger partial charge in [0.05, 0.1) is 33.7 Å². The number of amides is 2. The maximum Gasteiger partial charge on any atom is 0.253 e. The molecule has 1 aromatic carbocycles. The van der Waals surface area contributed by atoms with Crippen LogP contribution in [-0.4, -0.2) is 48.4 Å². The fourth-order valence-corrected chi connectivity index (χ4v) is 8.84. The van der Waals surface area contributed by atoms with E-state index >= 15 is 0 Å². The van der Waals surface area contributed by atoms with Gasteiger partial charge in [-0.15, -0.1) is 0 Å². The Morgan fingerprint density at radius 3 is 1.81 bits per heavy atom. The van der Waals surface area contributed by atoms with E-state index in [1.807, 2.05) is 44.4 Å². The summed E-state index contributed by atoms with van der Waals surface area (Å²) in [6.07, 6.45) is 13.6. The molecule has 6 N–H and O–H groups in total. The van der Waals surface area contributed by atoms with E-state index < -0.39 is 5.54 Å². The van der Waals surface area contributed by atoms with Crippen LogP contribution in [0.3, 0.4) is 0 Å². The zero-order valence-electron chi connectivity index (χ0n) is 29.9. The van der Waals surface area contributed by atoms with Crippen molar-refractivity contribution in [1.29, 1.82) is 0 Å². The number of carbonyl (C=O) groups is 2. The Morgan fingerprint density at radius 1 is 0.755 bits per heavy atom. The normalized spacial score (nSPS) is 18.7. The summed E-state index contributed by atoms with van der Waals surface area (Å²) in [4.78, 5) is 41.4. The summed E-state index contributed by atoms with van der Waals surface area (Å²) in [5, 5.41) is 6.95. The molecular weight excluding hydrogens is 682 g/mol. The Labute approximate surface area is 312 Å². The first-order valence-corrected chi connectivity index (χ1v) is 19.0. The van der Waals surface area contributed by atoms with Gasteiger partial charge in [-0.2, -0.15) is 0 Å². The van der Waals surface area contributed by atoms with E-state index in [0.717, 1.165) is 137 Å². The Balaban J connectivity index is 0.000000143. The molecule has 0 bridgehead atoms. The minimum absolute atomic E-state index is 0.00746. The average Bonchev–Trinajstić information content (AvgIpc) is 3.97. The number of nitrogens with zero attached hydrogens (tertiary/aromatic N) is 2. The Kier molecular flexibility index (Phi) is 6.99. The van der Waals surface area contributed by atoms with Crippen LogP contribution >= 0.6 is 11.6 Å². The van der Waals surface area contributed by atoms with Crippen molar-refractivity contribution in [3.05, 3.63) is 104 Å². The second-order valence-electron chi connectivity index (χ2n) is 16.4. The van der Waals surface area contributed by atoms with Crippen LogP contribution in [0.2, 0.25) is 5.15 Å². The van der Waals surface area contributed by atoms with Crippen LogP contribution in [0.25, 0.3) is 33.8 Å². The van der Waals surface area contributed by atoms with E-state index in [2.05, 4.69) is 55.6 Å². The minimum Gasteiger partial charge on any atom is -0.357 e. The minimum atomic E-state index is -0.512. The van der Waals surface area contributed by atoms with Crippen LogP contribution in [0.5, 0.6) is 0 Å². The summed E-state index contributed by atoms with van der Waals surface area (Å²) in [6.45, 7) is 3.79.